The Balaban J connectivity index is 0.000000142. The van der Waals surface area contributed by atoms with Gasteiger partial charge < -0.3 is 10.8 Å². The average molecular weight is 301 g/mol. The van der Waals surface area contributed by atoms with Crippen molar-refractivity contribution in [2.45, 2.75) is 57.9 Å². The number of benzene rings is 1. The highest BCUT2D eigenvalue weighted by atomic mass is 16.4. The molecule has 0 aromatic heterocycles. The number of aromatic carboxylic acids is 1. The maximum absolute atomic E-state index is 10.2. The van der Waals surface area contributed by atoms with Crippen LogP contribution in [0, 0.1) is 16.7 Å². The van der Waals surface area contributed by atoms with Gasteiger partial charge in [0.25, 0.3) is 0 Å². The third kappa shape index (κ3) is 3.05. The molecule has 22 heavy (non-hydrogen) atoms. The Morgan fingerprint density at radius 2 is 1.59 bits per heavy atom. The molecule has 0 heterocycles. The van der Waals surface area contributed by atoms with Crippen molar-refractivity contribution in [1.82, 2.24) is 0 Å². The molecule has 0 radical (unpaired) electrons. The summed E-state index contributed by atoms with van der Waals surface area (Å²) < 4.78 is 0. The minimum absolute atomic E-state index is 0.225. The van der Waals surface area contributed by atoms with Gasteiger partial charge in [0.15, 0.2) is 0 Å². The molecule has 0 aliphatic heterocycles. The van der Waals surface area contributed by atoms with Gasteiger partial charge in [-0.25, -0.2) is 4.79 Å². The molecule has 1 aromatic rings. The van der Waals surface area contributed by atoms with Crippen molar-refractivity contribution in [3.05, 3.63) is 35.9 Å². The smallest absolute Gasteiger partial charge is 0.335 e. The van der Waals surface area contributed by atoms with Gasteiger partial charge in [0, 0.05) is 5.54 Å². The molecule has 1 aromatic carbocycles. The summed E-state index contributed by atoms with van der Waals surface area (Å²) >= 11 is 0. The molecule has 0 saturated heterocycles. The van der Waals surface area contributed by atoms with E-state index in [0.717, 1.165) is 5.92 Å². The lowest BCUT2D eigenvalue weighted by Gasteiger charge is -2.64. The zero-order valence-corrected chi connectivity index (χ0v) is 13.6. The van der Waals surface area contributed by atoms with E-state index >= 15 is 0 Å². The highest BCUT2D eigenvalue weighted by molar-refractivity contribution is 5.87. The van der Waals surface area contributed by atoms with Gasteiger partial charge in [0.1, 0.15) is 0 Å². The predicted molar refractivity (Wildman–Crippen MR) is 87.7 cm³/mol. The van der Waals surface area contributed by atoms with Crippen molar-refractivity contribution >= 4 is 5.97 Å². The van der Waals surface area contributed by atoms with Crippen LogP contribution in [0.15, 0.2) is 30.3 Å². The van der Waals surface area contributed by atoms with Crippen LogP contribution in [0.2, 0.25) is 0 Å². The van der Waals surface area contributed by atoms with Gasteiger partial charge in [-0.2, -0.15) is 0 Å². The maximum Gasteiger partial charge on any atom is 0.335 e. The van der Waals surface area contributed by atoms with Crippen molar-refractivity contribution in [3.8, 4) is 0 Å². The van der Waals surface area contributed by atoms with Crippen molar-refractivity contribution in [2.75, 3.05) is 0 Å². The Morgan fingerprint density at radius 1 is 1.05 bits per heavy atom. The van der Waals surface area contributed by atoms with E-state index in [9.17, 15) is 4.79 Å². The second kappa shape index (κ2) is 5.09. The first-order chi connectivity index (χ1) is 10.2. The molecule has 2 atom stereocenters. The Hall–Kier alpha value is -1.35. The molecular weight excluding hydrogens is 274 g/mol. The number of carboxylic acid groups (broad SMARTS) is 1. The van der Waals surface area contributed by atoms with Gasteiger partial charge in [-0.05, 0) is 67.4 Å². The Bertz CT molecular complexity index is 517. The van der Waals surface area contributed by atoms with E-state index < -0.39 is 5.97 Å². The fourth-order valence-corrected chi connectivity index (χ4v) is 6.12. The first kappa shape index (κ1) is 15.5. The van der Waals surface area contributed by atoms with Gasteiger partial charge in [0.05, 0.1) is 5.56 Å². The highest BCUT2D eigenvalue weighted by Gasteiger charge is 2.58. The molecule has 0 spiro atoms. The molecule has 3 nitrogen and oxygen atoms in total. The van der Waals surface area contributed by atoms with Gasteiger partial charge in [0.2, 0.25) is 0 Å². The highest BCUT2D eigenvalue weighted by Crippen LogP contribution is 2.65. The lowest BCUT2D eigenvalue weighted by Crippen LogP contribution is -2.62. The minimum Gasteiger partial charge on any atom is -0.478 e. The summed E-state index contributed by atoms with van der Waals surface area (Å²) in [5.74, 6) is 0.0758. The quantitative estimate of drug-likeness (QED) is 0.821. The number of carbonyl (C=O) groups is 1. The fraction of sp³-hybridized carbons (Fsp3) is 0.632. The van der Waals surface area contributed by atoms with Crippen molar-refractivity contribution in [2.24, 2.45) is 22.5 Å². The minimum atomic E-state index is -0.879. The summed E-state index contributed by atoms with van der Waals surface area (Å²) in [6, 6.07) is 8.30. The Kier molecular flexibility index (Phi) is 3.59. The number of rotatable bonds is 1. The summed E-state index contributed by atoms with van der Waals surface area (Å²) in [5.41, 5.74) is 8.25. The molecule has 4 bridgehead atoms. The van der Waals surface area contributed by atoms with Crippen LogP contribution in [-0.4, -0.2) is 16.6 Å². The summed E-state index contributed by atoms with van der Waals surface area (Å²) in [6.07, 6.45) is 8.27. The predicted octanol–water partition coefficient (Wildman–Crippen LogP) is 4.08. The third-order valence-electron chi connectivity index (χ3n) is 5.69. The van der Waals surface area contributed by atoms with E-state index in [1.807, 2.05) is 0 Å². The molecule has 2 unspecified atom stereocenters. The van der Waals surface area contributed by atoms with Crippen LogP contribution < -0.4 is 5.73 Å². The summed E-state index contributed by atoms with van der Waals surface area (Å²) in [7, 11) is 0. The second-order valence-corrected chi connectivity index (χ2v) is 8.66. The van der Waals surface area contributed by atoms with Crippen LogP contribution in [0.5, 0.6) is 0 Å². The van der Waals surface area contributed by atoms with E-state index in [1.165, 1.54) is 38.5 Å². The fourth-order valence-electron chi connectivity index (χ4n) is 6.12. The van der Waals surface area contributed by atoms with E-state index in [1.54, 1.807) is 30.3 Å². The zero-order valence-electron chi connectivity index (χ0n) is 13.6. The number of carboxylic acids is 1. The normalized spacial score (nSPS) is 41.7. The largest absolute Gasteiger partial charge is 0.478 e. The Morgan fingerprint density at radius 3 is 1.95 bits per heavy atom. The first-order valence-electron chi connectivity index (χ1n) is 8.28. The molecule has 5 rings (SSSR count). The van der Waals surface area contributed by atoms with Crippen LogP contribution in [0.25, 0.3) is 0 Å². The summed E-state index contributed by atoms with van der Waals surface area (Å²) in [5, 5.41) is 8.38. The average Bonchev–Trinajstić information content (AvgIpc) is 2.34. The van der Waals surface area contributed by atoms with Crippen LogP contribution in [-0.2, 0) is 0 Å². The molecule has 3 N–H and O–H groups in total. The van der Waals surface area contributed by atoms with Gasteiger partial charge in [-0.1, -0.05) is 32.0 Å². The molecule has 0 amide bonds. The first-order valence-corrected chi connectivity index (χ1v) is 8.28. The van der Waals surface area contributed by atoms with Crippen LogP contribution in [0.1, 0.15) is 62.7 Å². The summed E-state index contributed by atoms with van der Waals surface area (Å²) in [4.78, 5) is 10.2. The van der Waals surface area contributed by atoms with Crippen molar-refractivity contribution in [1.29, 1.82) is 0 Å². The van der Waals surface area contributed by atoms with Gasteiger partial charge in [-0.3, -0.25) is 0 Å². The second-order valence-electron chi connectivity index (χ2n) is 8.66. The van der Waals surface area contributed by atoms with Crippen LogP contribution in [0.3, 0.4) is 0 Å². The Labute approximate surface area is 132 Å². The molecule has 4 saturated carbocycles. The third-order valence-corrected chi connectivity index (χ3v) is 5.69. The SMILES string of the molecule is CC12CC3CC(C)(C1)CC(N)(C3)C2.O=C(O)c1ccccc1. The molecule has 4 aliphatic rings. The standard InChI is InChI=1S/C12H21N.C7H6O2/c1-10-3-9-4-11(2,6-10)8-12(13,5-9)7-10;8-7(9)6-4-2-1-3-5-6/h9H,3-8,13H2,1-2H3;1-5H,(H,8,9). The topological polar surface area (TPSA) is 63.3 Å². The number of hydrogen-bond donors (Lipinski definition) is 2. The molecule has 3 heteroatoms. The zero-order chi connectivity index (χ0) is 16.0. The molecule has 120 valence electrons. The van der Waals surface area contributed by atoms with E-state index in [2.05, 4.69) is 13.8 Å². The van der Waals surface area contributed by atoms with E-state index in [0.29, 0.717) is 16.4 Å². The van der Waals surface area contributed by atoms with E-state index in [4.69, 9.17) is 10.8 Å². The molecule has 4 fully saturated rings. The van der Waals surface area contributed by atoms with Gasteiger partial charge in [-0.15, -0.1) is 0 Å². The van der Waals surface area contributed by atoms with Crippen molar-refractivity contribution in [3.63, 3.8) is 0 Å². The van der Waals surface area contributed by atoms with Gasteiger partial charge >= 0.3 is 5.97 Å². The van der Waals surface area contributed by atoms with Crippen LogP contribution >= 0.6 is 0 Å². The lowest BCUT2D eigenvalue weighted by molar-refractivity contribution is -0.104. The van der Waals surface area contributed by atoms with Crippen molar-refractivity contribution < 1.29 is 9.90 Å². The lowest BCUT2D eigenvalue weighted by atomic mass is 9.43. The molecular formula is C19H27NO2. The molecule has 4 aliphatic carbocycles. The van der Waals surface area contributed by atoms with Crippen LogP contribution in [0.4, 0.5) is 0 Å². The number of hydrogen-bond acceptors (Lipinski definition) is 2. The number of nitrogens with two attached hydrogens (primary N) is 1. The maximum atomic E-state index is 10.2. The van der Waals surface area contributed by atoms with E-state index in [-0.39, 0.29) is 5.54 Å². The monoisotopic (exact) mass is 301 g/mol. The summed E-state index contributed by atoms with van der Waals surface area (Å²) in [6.45, 7) is 4.94.